The zero-order valence-electron chi connectivity index (χ0n) is 18.4. The summed E-state index contributed by atoms with van der Waals surface area (Å²) in [4.78, 5) is 25.0. The number of rotatable bonds is 7. The molecule has 12 nitrogen and oxygen atoms in total. The SMILES string of the molecule is CC(=O)OC1CCOC1(COS(N)(=O)=O)n1cnc2c(N[C@H]3CCc4ccccc43)ncnc21. The van der Waals surface area contributed by atoms with Crippen LogP contribution in [0.5, 0.6) is 0 Å². The number of carbonyl (C=O) groups is 1. The van der Waals surface area contributed by atoms with Gasteiger partial charge in [-0.15, -0.1) is 0 Å². The Labute approximate surface area is 195 Å². The Balaban J connectivity index is 1.54. The average Bonchev–Trinajstić information content (AvgIpc) is 3.50. The molecule has 2 aromatic heterocycles. The fourth-order valence-electron chi connectivity index (χ4n) is 4.70. The molecule has 1 aromatic carbocycles. The van der Waals surface area contributed by atoms with Gasteiger partial charge in [0.1, 0.15) is 12.9 Å². The van der Waals surface area contributed by atoms with Gasteiger partial charge in [0.25, 0.3) is 0 Å². The molecule has 3 aromatic rings. The van der Waals surface area contributed by atoms with Gasteiger partial charge >= 0.3 is 16.3 Å². The molecular weight excluding hydrogens is 464 g/mol. The second-order valence-electron chi connectivity index (χ2n) is 8.28. The number of nitrogens with zero attached hydrogens (tertiary/aromatic N) is 4. The first kappa shape index (κ1) is 22.7. The smallest absolute Gasteiger partial charge is 0.333 e. The molecule has 0 amide bonds. The van der Waals surface area contributed by atoms with Crippen LogP contribution in [0.25, 0.3) is 11.2 Å². The summed E-state index contributed by atoms with van der Waals surface area (Å²) in [5, 5.41) is 8.52. The number of hydrogen-bond donors (Lipinski definition) is 2. The maximum absolute atomic E-state index is 11.7. The summed E-state index contributed by atoms with van der Waals surface area (Å²) in [6.45, 7) is 0.928. The number of nitrogens with two attached hydrogens (primary N) is 1. The molecule has 1 aliphatic carbocycles. The van der Waals surface area contributed by atoms with E-state index in [1.165, 1.54) is 35.3 Å². The lowest BCUT2D eigenvalue weighted by atomic mass is 10.1. The summed E-state index contributed by atoms with van der Waals surface area (Å²) in [6, 6.07) is 8.30. The molecule has 0 saturated carbocycles. The Morgan fingerprint density at radius 1 is 1.29 bits per heavy atom. The van der Waals surface area contributed by atoms with E-state index in [1.807, 2.05) is 12.1 Å². The van der Waals surface area contributed by atoms with E-state index in [1.54, 1.807) is 0 Å². The number of carbonyl (C=O) groups excluding carboxylic acids is 1. The molecule has 3 N–H and O–H groups in total. The van der Waals surface area contributed by atoms with Crippen LogP contribution in [0, 0.1) is 0 Å². The van der Waals surface area contributed by atoms with Crippen molar-refractivity contribution in [3.8, 4) is 0 Å². The number of aryl methyl sites for hydroxylation is 1. The summed E-state index contributed by atoms with van der Waals surface area (Å²) in [6.07, 6.45) is 4.17. The summed E-state index contributed by atoms with van der Waals surface area (Å²) < 4.78 is 41.0. The lowest BCUT2D eigenvalue weighted by Gasteiger charge is -2.34. The number of imidazole rings is 1. The van der Waals surface area contributed by atoms with Gasteiger partial charge in [0.05, 0.1) is 19.0 Å². The molecule has 1 fully saturated rings. The summed E-state index contributed by atoms with van der Waals surface area (Å²) >= 11 is 0. The van der Waals surface area contributed by atoms with Crippen LogP contribution in [-0.2, 0) is 40.9 Å². The van der Waals surface area contributed by atoms with Crippen molar-refractivity contribution in [2.24, 2.45) is 5.14 Å². The number of aromatic nitrogens is 4. The Kier molecular flexibility index (Phi) is 5.72. The molecule has 2 unspecified atom stereocenters. The van der Waals surface area contributed by atoms with E-state index in [-0.39, 0.29) is 12.6 Å². The van der Waals surface area contributed by atoms with E-state index in [2.05, 4.69) is 32.4 Å². The second kappa shape index (κ2) is 8.58. The Hall–Kier alpha value is -3.13. The average molecular weight is 489 g/mol. The summed E-state index contributed by atoms with van der Waals surface area (Å²) in [7, 11) is -4.30. The Morgan fingerprint density at radius 3 is 2.91 bits per heavy atom. The van der Waals surface area contributed by atoms with Gasteiger partial charge in [0.15, 0.2) is 23.1 Å². The molecule has 13 heteroatoms. The molecule has 0 bridgehead atoms. The van der Waals surface area contributed by atoms with Crippen LogP contribution in [0.1, 0.15) is 36.9 Å². The minimum Gasteiger partial charge on any atom is -0.457 e. The van der Waals surface area contributed by atoms with Crippen molar-refractivity contribution in [3.63, 3.8) is 0 Å². The zero-order valence-corrected chi connectivity index (χ0v) is 19.2. The van der Waals surface area contributed by atoms with Crippen molar-refractivity contribution in [1.29, 1.82) is 0 Å². The predicted molar refractivity (Wildman–Crippen MR) is 120 cm³/mol. The van der Waals surface area contributed by atoms with Gasteiger partial charge in [-0.3, -0.25) is 13.5 Å². The van der Waals surface area contributed by atoms with E-state index in [0.717, 1.165) is 12.8 Å². The highest BCUT2D eigenvalue weighted by Gasteiger charge is 2.51. The molecule has 5 rings (SSSR count). The third-order valence-corrected chi connectivity index (χ3v) is 6.60. The summed E-state index contributed by atoms with van der Waals surface area (Å²) in [5.41, 5.74) is 1.79. The van der Waals surface area contributed by atoms with Crippen LogP contribution in [0.4, 0.5) is 5.82 Å². The molecule has 1 saturated heterocycles. The van der Waals surface area contributed by atoms with Crippen LogP contribution < -0.4 is 10.5 Å². The highest BCUT2D eigenvalue weighted by atomic mass is 32.2. The van der Waals surface area contributed by atoms with Crippen molar-refractivity contribution >= 4 is 33.3 Å². The maximum Gasteiger partial charge on any atom is 0.333 e. The second-order valence-corrected chi connectivity index (χ2v) is 9.50. The largest absolute Gasteiger partial charge is 0.457 e. The molecule has 34 heavy (non-hydrogen) atoms. The number of benzene rings is 1. The zero-order chi connectivity index (χ0) is 23.9. The molecule has 1 aliphatic heterocycles. The van der Waals surface area contributed by atoms with E-state index >= 15 is 0 Å². The maximum atomic E-state index is 11.7. The molecule has 180 valence electrons. The van der Waals surface area contributed by atoms with Crippen LogP contribution in [0.3, 0.4) is 0 Å². The third-order valence-electron chi connectivity index (χ3n) is 6.16. The Morgan fingerprint density at radius 2 is 2.12 bits per heavy atom. The third kappa shape index (κ3) is 4.11. The van der Waals surface area contributed by atoms with E-state index < -0.39 is 34.7 Å². The number of fused-ring (bicyclic) bond motifs is 2. The first-order valence-electron chi connectivity index (χ1n) is 10.8. The lowest BCUT2D eigenvalue weighted by molar-refractivity contribution is -0.176. The fraction of sp³-hybridized carbons (Fsp3) is 0.429. The minimum atomic E-state index is -4.30. The molecule has 3 atom stereocenters. The van der Waals surface area contributed by atoms with Crippen LogP contribution >= 0.6 is 0 Å². The van der Waals surface area contributed by atoms with Crippen molar-refractivity contribution in [1.82, 2.24) is 19.5 Å². The quantitative estimate of drug-likeness (QED) is 0.462. The van der Waals surface area contributed by atoms with Gasteiger partial charge in [0, 0.05) is 13.3 Å². The lowest BCUT2D eigenvalue weighted by Crippen LogP contribution is -2.49. The van der Waals surface area contributed by atoms with Crippen molar-refractivity contribution in [3.05, 3.63) is 48.0 Å². The fourth-order valence-corrected chi connectivity index (χ4v) is 5.03. The molecule has 0 spiro atoms. The standard InChI is InChI=1S/C21H24N6O6S/c1-13(28)33-17-8-9-31-21(17,10-32-34(22,29)30)27-12-25-18-19(23-11-24-20(18)27)26-16-7-6-14-4-2-3-5-15(14)16/h2-5,11-12,16-17H,6-10H2,1H3,(H2,22,29,30)(H,23,24,26)/t16-,17?,21?/m0/s1. The van der Waals surface area contributed by atoms with Gasteiger partial charge < -0.3 is 14.8 Å². The first-order valence-corrected chi connectivity index (χ1v) is 12.3. The van der Waals surface area contributed by atoms with Crippen molar-refractivity contribution < 1.29 is 26.9 Å². The topological polar surface area (TPSA) is 161 Å². The monoisotopic (exact) mass is 488 g/mol. The van der Waals surface area contributed by atoms with Crippen molar-refractivity contribution in [2.75, 3.05) is 18.5 Å². The van der Waals surface area contributed by atoms with Crippen molar-refractivity contribution in [2.45, 2.75) is 44.1 Å². The van der Waals surface area contributed by atoms with Gasteiger partial charge in [0.2, 0.25) is 5.72 Å². The number of hydrogen-bond acceptors (Lipinski definition) is 10. The minimum absolute atomic E-state index is 0.0654. The van der Waals surface area contributed by atoms with Crippen LogP contribution in [-0.4, -0.2) is 53.2 Å². The molecule has 0 radical (unpaired) electrons. The predicted octanol–water partition coefficient (Wildman–Crippen LogP) is 1.15. The highest BCUT2D eigenvalue weighted by molar-refractivity contribution is 7.84. The normalized spacial score (nSPS) is 24.3. The van der Waals surface area contributed by atoms with E-state index in [9.17, 15) is 13.2 Å². The Bertz CT molecular complexity index is 1340. The van der Waals surface area contributed by atoms with Gasteiger partial charge in [-0.2, -0.15) is 8.42 Å². The number of anilines is 1. The van der Waals surface area contributed by atoms with Crippen LogP contribution in [0.15, 0.2) is 36.9 Å². The van der Waals surface area contributed by atoms with Crippen LogP contribution in [0.2, 0.25) is 0 Å². The van der Waals surface area contributed by atoms with E-state index in [0.29, 0.717) is 23.4 Å². The number of ether oxygens (including phenoxy) is 2. The molecule has 3 heterocycles. The first-order chi connectivity index (χ1) is 16.3. The molecular formula is C21H24N6O6S. The van der Waals surface area contributed by atoms with Gasteiger partial charge in [-0.25, -0.2) is 20.1 Å². The highest BCUT2D eigenvalue weighted by Crippen LogP contribution is 2.38. The number of nitrogens with one attached hydrogen (secondary N) is 1. The van der Waals surface area contributed by atoms with Gasteiger partial charge in [-0.1, -0.05) is 24.3 Å². The summed E-state index contributed by atoms with van der Waals surface area (Å²) in [5.74, 6) is -0.0215. The molecule has 2 aliphatic rings. The van der Waals surface area contributed by atoms with E-state index in [4.69, 9.17) is 18.8 Å². The number of esters is 1. The van der Waals surface area contributed by atoms with Gasteiger partial charge in [-0.05, 0) is 24.0 Å².